The number of H-pyrrole nitrogens is 1. The molecule has 0 saturated heterocycles. The first-order valence-electron chi connectivity index (χ1n) is 8.65. The van der Waals surface area contributed by atoms with E-state index in [0.29, 0.717) is 22.7 Å². The van der Waals surface area contributed by atoms with E-state index < -0.39 is 0 Å². The smallest absolute Gasteiger partial charge is 0.280 e. The van der Waals surface area contributed by atoms with Crippen molar-refractivity contribution < 1.29 is 4.39 Å². The van der Waals surface area contributed by atoms with Gasteiger partial charge in [-0.15, -0.1) is 0 Å². The Morgan fingerprint density at radius 1 is 1.00 bits per heavy atom. The largest absolute Gasteiger partial charge is 0.295 e. The van der Waals surface area contributed by atoms with Gasteiger partial charge in [0.05, 0.1) is 22.6 Å². The summed E-state index contributed by atoms with van der Waals surface area (Å²) in [5.74, 6) is -0.344. The van der Waals surface area contributed by atoms with Crippen LogP contribution in [0.15, 0.2) is 76.5 Å². The molecule has 0 fully saturated rings. The molecular weight excluding hydrogens is 341 g/mol. The number of aromatic amines is 1. The number of hydrogen-bond donors (Lipinski definition) is 1. The van der Waals surface area contributed by atoms with E-state index in [0.717, 1.165) is 16.5 Å². The summed E-state index contributed by atoms with van der Waals surface area (Å²) in [6, 6.07) is 19.7. The Kier molecular flexibility index (Phi) is 4.20. The number of hydrogen-bond acceptors (Lipinski definition) is 2. The molecule has 4 aromatic rings. The van der Waals surface area contributed by atoms with E-state index in [4.69, 9.17) is 4.99 Å². The molecule has 4 rings (SSSR count). The fourth-order valence-electron chi connectivity index (χ4n) is 3.29. The third-order valence-electron chi connectivity index (χ3n) is 4.57. The maximum atomic E-state index is 13.2. The molecule has 0 amide bonds. The summed E-state index contributed by atoms with van der Waals surface area (Å²) in [6.45, 7) is 3.66. The minimum atomic E-state index is -0.344. The average Bonchev–Trinajstić information content (AvgIpc) is 2.97. The van der Waals surface area contributed by atoms with Gasteiger partial charge >= 0.3 is 0 Å². The Hall–Kier alpha value is -3.47. The highest BCUT2D eigenvalue weighted by molar-refractivity contribution is 6.03. The number of aryl methyl sites for hydroxylation is 1. The van der Waals surface area contributed by atoms with Gasteiger partial charge in [-0.05, 0) is 49.6 Å². The summed E-state index contributed by atoms with van der Waals surface area (Å²) in [5, 5.41) is 5.19. The van der Waals surface area contributed by atoms with Gasteiger partial charge in [-0.2, -0.15) is 0 Å². The topological polar surface area (TPSA) is 50.1 Å². The van der Waals surface area contributed by atoms with E-state index >= 15 is 0 Å². The molecule has 0 aliphatic carbocycles. The van der Waals surface area contributed by atoms with E-state index in [-0.39, 0.29) is 11.4 Å². The second-order valence-corrected chi connectivity index (χ2v) is 6.42. The molecule has 0 bridgehead atoms. The van der Waals surface area contributed by atoms with Crippen LogP contribution in [0.2, 0.25) is 0 Å². The zero-order valence-corrected chi connectivity index (χ0v) is 15.0. The number of aromatic nitrogens is 2. The SMILES string of the molecule is CC(=Nc1cccc2ccccc12)c1c(C)[nH]n(-c2ccc(F)cc2)c1=O. The van der Waals surface area contributed by atoms with Crippen molar-refractivity contribution >= 4 is 22.2 Å². The first-order chi connectivity index (χ1) is 13.0. The minimum absolute atomic E-state index is 0.208. The van der Waals surface area contributed by atoms with Gasteiger partial charge in [-0.25, -0.2) is 9.07 Å². The number of benzene rings is 3. The Labute approximate surface area is 155 Å². The van der Waals surface area contributed by atoms with Crippen molar-refractivity contribution in [2.45, 2.75) is 13.8 Å². The quantitative estimate of drug-likeness (QED) is 0.519. The molecule has 134 valence electrons. The summed E-state index contributed by atoms with van der Waals surface area (Å²) >= 11 is 0. The standard InChI is InChI=1S/C22H18FN3O/c1-14(24-20-9-5-7-16-6-3-4-8-19(16)20)21-15(2)25-26(22(21)27)18-12-10-17(23)11-13-18/h3-13,25H,1-2H3. The highest BCUT2D eigenvalue weighted by atomic mass is 19.1. The number of aliphatic imine (C=N–C) groups is 1. The average molecular weight is 359 g/mol. The van der Waals surface area contributed by atoms with Crippen LogP contribution >= 0.6 is 0 Å². The van der Waals surface area contributed by atoms with Crippen molar-refractivity contribution in [2.24, 2.45) is 4.99 Å². The van der Waals surface area contributed by atoms with Gasteiger partial charge in [0.25, 0.3) is 5.56 Å². The summed E-state index contributed by atoms with van der Waals surface area (Å²) in [6.07, 6.45) is 0. The highest BCUT2D eigenvalue weighted by Gasteiger charge is 2.15. The van der Waals surface area contributed by atoms with Crippen LogP contribution in [0.1, 0.15) is 18.2 Å². The van der Waals surface area contributed by atoms with Gasteiger partial charge in [-0.3, -0.25) is 14.9 Å². The van der Waals surface area contributed by atoms with Crippen LogP contribution < -0.4 is 5.56 Å². The fourth-order valence-corrected chi connectivity index (χ4v) is 3.29. The molecular formula is C22H18FN3O. The van der Waals surface area contributed by atoms with Gasteiger partial charge in [0, 0.05) is 11.1 Å². The van der Waals surface area contributed by atoms with Gasteiger partial charge in [-0.1, -0.05) is 36.4 Å². The summed E-state index contributed by atoms with van der Waals surface area (Å²) in [7, 11) is 0. The molecule has 0 aliphatic heterocycles. The molecule has 5 heteroatoms. The first kappa shape index (κ1) is 17.0. The third kappa shape index (κ3) is 3.08. The Morgan fingerprint density at radius 3 is 2.48 bits per heavy atom. The van der Waals surface area contributed by atoms with Gasteiger partial charge in [0.2, 0.25) is 0 Å². The van der Waals surface area contributed by atoms with Crippen LogP contribution in [-0.2, 0) is 0 Å². The van der Waals surface area contributed by atoms with Crippen molar-refractivity contribution in [3.63, 3.8) is 0 Å². The zero-order chi connectivity index (χ0) is 19.0. The van der Waals surface area contributed by atoms with Crippen molar-refractivity contribution in [3.8, 4) is 5.69 Å². The molecule has 0 saturated carbocycles. The van der Waals surface area contributed by atoms with E-state index in [2.05, 4.69) is 5.10 Å². The highest BCUT2D eigenvalue weighted by Crippen LogP contribution is 2.26. The molecule has 27 heavy (non-hydrogen) atoms. The second-order valence-electron chi connectivity index (χ2n) is 6.42. The predicted molar refractivity (Wildman–Crippen MR) is 107 cm³/mol. The lowest BCUT2D eigenvalue weighted by atomic mass is 10.1. The first-order valence-corrected chi connectivity index (χ1v) is 8.65. The predicted octanol–water partition coefficient (Wildman–Crippen LogP) is 4.91. The van der Waals surface area contributed by atoms with E-state index in [1.54, 1.807) is 12.1 Å². The number of nitrogens with one attached hydrogen (secondary N) is 1. The van der Waals surface area contributed by atoms with Crippen LogP contribution in [-0.4, -0.2) is 15.5 Å². The second kappa shape index (κ2) is 6.68. The molecule has 4 nitrogen and oxygen atoms in total. The molecule has 1 N–H and O–H groups in total. The number of rotatable bonds is 3. The van der Waals surface area contributed by atoms with Crippen LogP contribution in [0.4, 0.5) is 10.1 Å². The molecule has 3 aromatic carbocycles. The van der Waals surface area contributed by atoms with Crippen molar-refractivity contribution in [1.82, 2.24) is 9.78 Å². The van der Waals surface area contributed by atoms with E-state index in [9.17, 15) is 9.18 Å². The third-order valence-corrected chi connectivity index (χ3v) is 4.57. The number of fused-ring (bicyclic) bond motifs is 1. The summed E-state index contributed by atoms with van der Waals surface area (Å²) < 4.78 is 14.6. The molecule has 1 aromatic heterocycles. The molecule has 0 aliphatic rings. The molecule has 0 atom stereocenters. The Balaban J connectivity index is 1.82. The van der Waals surface area contributed by atoms with Crippen molar-refractivity contribution in [2.75, 3.05) is 0 Å². The Bertz CT molecular complexity index is 1210. The molecule has 0 radical (unpaired) electrons. The van der Waals surface area contributed by atoms with E-state index in [1.807, 2.05) is 56.3 Å². The lowest BCUT2D eigenvalue weighted by Crippen LogP contribution is -2.19. The van der Waals surface area contributed by atoms with Crippen molar-refractivity contribution in [1.29, 1.82) is 0 Å². The van der Waals surface area contributed by atoms with Crippen LogP contribution in [0.3, 0.4) is 0 Å². The molecule has 1 heterocycles. The lowest BCUT2D eigenvalue weighted by Gasteiger charge is -2.03. The maximum absolute atomic E-state index is 13.2. The number of halogens is 1. The maximum Gasteiger partial charge on any atom is 0.280 e. The summed E-state index contributed by atoms with van der Waals surface area (Å²) in [5.41, 5.74) is 3.05. The normalized spacial score (nSPS) is 11.9. The van der Waals surface area contributed by atoms with Crippen LogP contribution in [0, 0.1) is 12.7 Å². The minimum Gasteiger partial charge on any atom is -0.295 e. The fraction of sp³-hybridized carbons (Fsp3) is 0.0909. The van der Waals surface area contributed by atoms with Gasteiger partial charge < -0.3 is 0 Å². The Morgan fingerprint density at radius 2 is 1.70 bits per heavy atom. The monoisotopic (exact) mass is 359 g/mol. The van der Waals surface area contributed by atoms with Crippen molar-refractivity contribution in [3.05, 3.63) is 94.2 Å². The molecule has 0 unspecified atom stereocenters. The van der Waals surface area contributed by atoms with Crippen LogP contribution in [0.5, 0.6) is 0 Å². The number of nitrogens with zero attached hydrogens (tertiary/aromatic N) is 2. The van der Waals surface area contributed by atoms with Gasteiger partial charge in [0.1, 0.15) is 5.82 Å². The summed E-state index contributed by atoms with van der Waals surface area (Å²) in [4.78, 5) is 17.7. The molecule has 0 spiro atoms. The van der Waals surface area contributed by atoms with Crippen LogP contribution in [0.25, 0.3) is 16.5 Å². The lowest BCUT2D eigenvalue weighted by molar-refractivity contribution is 0.627. The van der Waals surface area contributed by atoms with Gasteiger partial charge in [0.15, 0.2) is 0 Å². The van der Waals surface area contributed by atoms with E-state index in [1.165, 1.54) is 16.8 Å². The zero-order valence-electron chi connectivity index (χ0n) is 15.0.